The van der Waals surface area contributed by atoms with E-state index in [1.165, 1.54) is 19.8 Å². The third-order valence-corrected chi connectivity index (χ3v) is 6.65. The molecule has 0 heterocycles. The molecule has 0 spiro atoms. The standard InChI is InChI=1S/C23H32N2O5S/c1-14-11-16(3)20(12-15(14)2)17(4)24-23(26)18(5)25(31(8,27)28)21-13-19(29-6)9-10-22(21)30-7/h9-13,17-18H,1-8H3,(H,24,26)/t17-,18-/m1/s1. The van der Waals surface area contributed by atoms with E-state index >= 15 is 0 Å². The smallest absolute Gasteiger partial charge is 0.244 e. The molecule has 0 aliphatic carbocycles. The molecule has 170 valence electrons. The molecule has 0 saturated carbocycles. The molecule has 0 saturated heterocycles. The van der Waals surface area contributed by atoms with Crippen molar-refractivity contribution < 1.29 is 22.7 Å². The molecule has 7 nitrogen and oxygen atoms in total. The van der Waals surface area contributed by atoms with E-state index in [1.54, 1.807) is 25.1 Å². The van der Waals surface area contributed by atoms with Crippen molar-refractivity contribution in [1.82, 2.24) is 5.32 Å². The van der Waals surface area contributed by atoms with Crippen molar-refractivity contribution >= 4 is 21.6 Å². The second-order valence-corrected chi connectivity index (χ2v) is 9.66. The average molecular weight is 449 g/mol. The van der Waals surface area contributed by atoms with Gasteiger partial charge in [-0.15, -0.1) is 0 Å². The van der Waals surface area contributed by atoms with Crippen LogP contribution in [0.1, 0.15) is 42.1 Å². The van der Waals surface area contributed by atoms with Gasteiger partial charge in [0.15, 0.2) is 0 Å². The van der Waals surface area contributed by atoms with Crippen LogP contribution in [0.25, 0.3) is 0 Å². The molecule has 1 N–H and O–H groups in total. The van der Waals surface area contributed by atoms with Gasteiger partial charge in [0, 0.05) is 6.07 Å². The predicted octanol–water partition coefficient (Wildman–Crippen LogP) is 3.66. The van der Waals surface area contributed by atoms with Crippen molar-refractivity contribution in [2.24, 2.45) is 0 Å². The van der Waals surface area contributed by atoms with E-state index in [4.69, 9.17) is 9.47 Å². The minimum Gasteiger partial charge on any atom is -0.497 e. The molecular weight excluding hydrogens is 416 g/mol. The molecule has 0 aromatic heterocycles. The van der Waals surface area contributed by atoms with Gasteiger partial charge in [-0.2, -0.15) is 0 Å². The van der Waals surface area contributed by atoms with Gasteiger partial charge in [-0.3, -0.25) is 9.10 Å². The third kappa shape index (κ3) is 5.50. The Kier molecular flexibility index (Phi) is 7.59. The number of benzene rings is 2. The lowest BCUT2D eigenvalue weighted by molar-refractivity contribution is -0.122. The van der Waals surface area contributed by atoms with Crippen LogP contribution in [0.4, 0.5) is 5.69 Å². The summed E-state index contributed by atoms with van der Waals surface area (Å²) in [6, 6.07) is 7.66. The molecule has 2 aromatic rings. The number of methoxy groups -OCH3 is 2. The Morgan fingerprint density at radius 3 is 2.13 bits per heavy atom. The van der Waals surface area contributed by atoms with Crippen molar-refractivity contribution in [1.29, 1.82) is 0 Å². The van der Waals surface area contributed by atoms with Gasteiger partial charge >= 0.3 is 0 Å². The van der Waals surface area contributed by atoms with Gasteiger partial charge in [-0.1, -0.05) is 12.1 Å². The van der Waals surface area contributed by atoms with E-state index in [0.717, 1.165) is 27.3 Å². The van der Waals surface area contributed by atoms with Crippen LogP contribution in [0.15, 0.2) is 30.3 Å². The van der Waals surface area contributed by atoms with Gasteiger partial charge in [-0.25, -0.2) is 8.42 Å². The minimum absolute atomic E-state index is 0.238. The summed E-state index contributed by atoms with van der Waals surface area (Å²) in [7, 11) is -0.872. The zero-order valence-corrected chi connectivity index (χ0v) is 20.3. The number of hydrogen-bond acceptors (Lipinski definition) is 5. The first-order chi connectivity index (χ1) is 14.4. The number of sulfonamides is 1. The van der Waals surface area contributed by atoms with Crippen LogP contribution in [0.5, 0.6) is 11.5 Å². The van der Waals surface area contributed by atoms with Gasteiger partial charge in [-0.05, 0) is 69.0 Å². The zero-order chi connectivity index (χ0) is 23.5. The van der Waals surface area contributed by atoms with Crippen molar-refractivity contribution in [2.75, 3.05) is 24.8 Å². The lowest BCUT2D eigenvalue weighted by Crippen LogP contribution is -2.48. The maximum absolute atomic E-state index is 13.1. The Morgan fingerprint density at radius 2 is 1.58 bits per heavy atom. The van der Waals surface area contributed by atoms with Gasteiger partial charge in [0.2, 0.25) is 15.9 Å². The summed E-state index contributed by atoms with van der Waals surface area (Å²) in [5.74, 6) is 0.362. The minimum atomic E-state index is -3.80. The summed E-state index contributed by atoms with van der Waals surface area (Å²) in [6.07, 6.45) is 1.06. The molecule has 0 radical (unpaired) electrons. The summed E-state index contributed by atoms with van der Waals surface area (Å²) in [6.45, 7) is 9.50. The number of aryl methyl sites for hydroxylation is 3. The molecule has 1 amide bonds. The van der Waals surface area contributed by atoms with E-state index in [1.807, 2.05) is 27.7 Å². The average Bonchev–Trinajstić information content (AvgIpc) is 2.69. The van der Waals surface area contributed by atoms with E-state index in [2.05, 4.69) is 17.4 Å². The maximum atomic E-state index is 13.1. The van der Waals surface area contributed by atoms with E-state index in [0.29, 0.717) is 11.5 Å². The van der Waals surface area contributed by atoms with Gasteiger partial charge < -0.3 is 14.8 Å². The summed E-state index contributed by atoms with van der Waals surface area (Å²) in [4.78, 5) is 13.1. The molecule has 31 heavy (non-hydrogen) atoms. The Bertz CT molecular complexity index is 1070. The predicted molar refractivity (Wildman–Crippen MR) is 124 cm³/mol. The molecule has 2 aromatic carbocycles. The Labute approximate surface area is 185 Å². The van der Waals surface area contributed by atoms with Crippen molar-refractivity contribution in [3.05, 3.63) is 52.6 Å². The highest BCUT2D eigenvalue weighted by Gasteiger charge is 2.32. The molecule has 2 atom stereocenters. The van der Waals surface area contributed by atoms with Crippen LogP contribution < -0.4 is 19.1 Å². The van der Waals surface area contributed by atoms with Gasteiger partial charge in [0.05, 0.1) is 32.2 Å². The van der Waals surface area contributed by atoms with Crippen LogP contribution in [0.3, 0.4) is 0 Å². The van der Waals surface area contributed by atoms with Crippen molar-refractivity contribution in [2.45, 2.75) is 46.7 Å². The SMILES string of the molecule is COc1ccc(OC)c(N([C@H](C)C(=O)N[C@H](C)c2cc(C)c(C)cc2C)S(C)(=O)=O)c1. The number of hydrogen-bond donors (Lipinski definition) is 1. The van der Waals surface area contributed by atoms with E-state index in [9.17, 15) is 13.2 Å². The third-order valence-electron chi connectivity index (χ3n) is 5.42. The number of anilines is 1. The Hall–Kier alpha value is -2.74. The van der Waals surface area contributed by atoms with Crippen molar-refractivity contribution in [3.63, 3.8) is 0 Å². The highest BCUT2D eigenvalue weighted by Crippen LogP contribution is 2.35. The molecule has 0 bridgehead atoms. The van der Waals surface area contributed by atoms with Crippen LogP contribution in [0.2, 0.25) is 0 Å². The van der Waals surface area contributed by atoms with Crippen LogP contribution >= 0.6 is 0 Å². The molecule has 0 unspecified atom stereocenters. The highest BCUT2D eigenvalue weighted by atomic mass is 32.2. The quantitative estimate of drug-likeness (QED) is 0.666. The molecule has 0 aliphatic rings. The van der Waals surface area contributed by atoms with Crippen LogP contribution in [0, 0.1) is 20.8 Å². The Morgan fingerprint density at radius 1 is 0.968 bits per heavy atom. The normalized spacial score (nSPS) is 13.3. The van der Waals surface area contributed by atoms with Crippen LogP contribution in [-0.2, 0) is 14.8 Å². The number of carbonyl (C=O) groups is 1. The second kappa shape index (κ2) is 9.60. The first kappa shape index (κ1) is 24.5. The van der Waals surface area contributed by atoms with E-state index in [-0.39, 0.29) is 11.7 Å². The monoisotopic (exact) mass is 448 g/mol. The topological polar surface area (TPSA) is 84.9 Å². The number of rotatable bonds is 8. The molecular formula is C23H32N2O5S. The number of amides is 1. The van der Waals surface area contributed by atoms with Crippen molar-refractivity contribution in [3.8, 4) is 11.5 Å². The molecule has 0 fully saturated rings. The van der Waals surface area contributed by atoms with Gasteiger partial charge in [0.25, 0.3) is 0 Å². The summed E-state index contributed by atoms with van der Waals surface area (Å²) < 4.78 is 37.0. The second-order valence-electron chi connectivity index (χ2n) is 7.80. The lowest BCUT2D eigenvalue weighted by atomic mass is 9.96. The Balaban J connectivity index is 2.40. The molecule has 0 aliphatic heterocycles. The zero-order valence-electron chi connectivity index (χ0n) is 19.4. The lowest BCUT2D eigenvalue weighted by Gasteiger charge is -2.30. The summed E-state index contributed by atoms with van der Waals surface area (Å²) in [5.41, 5.74) is 4.61. The maximum Gasteiger partial charge on any atom is 0.244 e. The fraction of sp³-hybridized carbons (Fsp3) is 0.435. The first-order valence-electron chi connectivity index (χ1n) is 10.00. The summed E-state index contributed by atoms with van der Waals surface area (Å²) >= 11 is 0. The molecule has 2 rings (SSSR count). The van der Waals surface area contributed by atoms with Crippen LogP contribution in [-0.4, -0.2) is 40.8 Å². The van der Waals surface area contributed by atoms with Gasteiger partial charge in [0.1, 0.15) is 17.5 Å². The fourth-order valence-electron chi connectivity index (χ4n) is 3.61. The number of nitrogens with one attached hydrogen (secondary N) is 1. The summed E-state index contributed by atoms with van der Waals surface area (Å²) in [5, 5.41) is 2.95. The largest absolute Gasteiger partial charge is 0.497 e. The number of carbonyl (C=O) groups excluding carboxylic acids is 1. The van der Waals surface area contributed by atoms with E-state index < -0.39 is 22.0 Å². The first-order valence-corrected chi connectivity index (χ1v) is 11.8. The number of ether oxygens (including phenoxy) is 2. The fourth-order valence-corrected chi connectivity index (χ4v) is 4.78. The highest BCUT2D eigenvalue weighted by molar-refractivity contribution is 7.92. The number of nitrogens with zero attached hydrogens (tertiary/aromatic N) is 1. The molecule has 8 heteroatoms.